The standard InChI is InChI=1S/C81H134O17P2/c1-5-9-13-17-21-25-29-33-36-37-40-43-46-50-54-58-62-66-79(84)92-71-76(97-80(85)67-63-59-55-51-47-41-32-28-24-20-16-12-8-4)73-95-99(87,88)93-69-75(82)70-94-100(89,90)96-74-77(98-81(86)68-64-60-56-52-48-44-39-35-31-27-23-19-15-11-7-3)72-91-78(83)65-61-57-53-49-45-42-38-34-30-26-22-18-14-10-6-2/h9-10,13-14,16,20-22,25-26,28,32-36,38-40,43,45,49-50,54,75-77,82H,5-8,11-12,15,17-19,23-24,27,29-31,37,41-42,44,46-48,51-53,55-74H2,1-4H3,(H,87,88)(H,89,90)/b13-9-,14-10-,20-16-,25-21-,26-22-,32-28-,36-33-,38-34-,39-35-,43-40-,49-45-,54-50-. The molecule has 0 aliphatic rings. The summed E-state index contributed by atoms with van der Waals surface area (Å²) in [7, 11) is -9.99. The molecule has 0 fully saturated rings. The summed E-state index contributed by atoms with van der Waals surface area (Å²) in [6.45, 7) is 4.42. The molecular weight excluding hydrogens is 1310 g/mol. The topological polar surface area (TPSA) is 237 Å². The number of carbonyl (C=O) groups excluding carboxylic acids is 4. The first kappa shape index (κ1) is 94.9. The molecule has 570 valence electrons. The highest BCUT2D eigenvalue weighted by Gasteiger charge is 2.30. The molecule has 0 spiro atoms. The maximum Gasteiger partial charge on any atom is 0.472 e. The number of phosphoric ester groups is 2. The second-order valence-electron chi connectivity index (χ2n) is 24.8. The fourth-order valence-electron chi connectivity index (χ4n) is 9.51. The zero-order valence-electron chi connectivity index (χ0n) is 62.1. The van der Waals surface area contributed by atoms with Crippen LogP contribution in [0.5, 0.6) is 0 Å². The number of hydrogen-bond donors (Lipinski definition) is 3. The number of phosphoric acid groups is 2. The summed E-state index contributed by atoms with van der Waals surface area (Å²) >= 11 is 0. The number of unbranched alkanes of at least 4 members (excludes halogenated alkanes) is 20. The number of hydrogen-bond acceptors (Lipinski definition) is 15. The van der Waals surface area contributed by atoms with Gasteiger partial charge in [-0.05, 0) is 154 Å². The van der Waals surface area contributed by atoms with E-state index in [4.69, 9.17) is 37.0 Å². The van der Waals surface area contributed by atoms with E-state index >= 15 is 0 Å². The van der Waals surface area contributed by atoms with Crippen molar-refractivity contribution in [2.75, 3.05) is 39.6 Å². The third kappa shape index (κ3) is 71.3. The van der Waals surface area contributed by atoms with E-state index in [0.717, 1.165) is 161 Å². The lowest BCUT2D eigenvalue weighted by atomic mass is 10.1. The fraction of sp³-hybridized carbons (Fsp3) is 0.654. The molecule has 0 aromatic carbocycles. The maximum atomic E-state index is 13.1. The second kappa shape index (κ2) is 72.3. The molecular formula is C81H134O17P2. The molecule has 100 heavy (non-hydrogen) atoms. The van der Waals surface area contributed by atoms with Crippen molar-refractivity contribution in [1.82, 2.24) is 0 Å². The Morgan fingerprint density at radius 1 is 0.290 bits per heavy atom. The van der Waals surface area contributed by atoms with Gasteiger partial charge in [-0.25, -0.2) is 9.13 Å². The van der Waals surface area contributed by atoms with E-state index in [2.05, 4.69) is 161 Å². The van der Waals surface area contributed by atoms with E-state index in [0.29, 0.717) is 32.1 Å². The predicted octanol–water partition coefficient (Wildman–Crippen LogP) is 21.9. The van der Waals surface area contributed by atoms with Crippen LogP contribution in [0, 0.1) is 0 Å². The molecule has 0 aromatic heterocycles. The smallest absolute Gasteiger partial charge is 0.462 e. The minimum absolute atomic E-state index is 0.0611. The molecule has 0 radical (unpaired) electrons. The van der Waals surface area contributed by atoms with Gasteiger partial charge in [0, 0.05) is 25.7 Å². The SMILES string of the molecule is CC/C=C\C/C=C\C/C=C\C/C=C\C/C=C\CCCC(=O)OCC(COP(=O)(O)OCC(O)COP(=O)(O)OCC(COC(=O)CCCC/C=C\C/C=C\C/C=C\C/C=C\CC)OC(=O)CCCCCCC/C=C\CCCCCCCC)OC(=O)CCCCCCC/C=C\C/C=C\CCC. The summed E-state index contributed by atoms with van der Waals surface area (Å²) < 4.78 is 68.4. The number of aliphatic hydroxyl groups is 1. The molecule has 5 unspecified atom stereocenters. The first-order valence-corrected chi connectivity index (χ1v) is 41.1. The predicted molar refractivity (Wildman–Crippen MR) is 408 cm³/mol. The highest BCUT2D eigenvalue weighted by atomic mass is 31.2. The van der Waals surface area contributed by atoms with Gasteiger partial charge in [0.25, 0.3) is 0 Å². The van der Waals surface area contributed by atoms with Gasteiger partial charge in [-0.1, -0.05) is 251 Å². The number of allylic oxidation sites excluding steroid dienone is 24. The normalized spacial score (nSPS) is 14.8. The number of ether oxygens (including phenoxy) is 4. The highest BCUT2D eigenvalue weighted by molar-refractivity contribution is 7.47. The van der Waals surface area contributed by atoms with Crippen LogP contribution >= 0.6 is 15.6 Å². The molecule has 0 saturated carbocycles. The summed E-state index contributed by atoms with van der Waals surface area (Å²) in [6.07, 6.45) is 81.4. The van der Waals surface area contributed by atoms with E-state index in [1.54, 1.807) is 0 Å². The van der Waals surface area contributed by atoms with Crippen LogP contribution < -0.4 is 0 Å². The molecule has 3 N–H and O–H groups in total. The second-order valence-corrected chi connectivity index (χ2v) is 27.7. The van der Waals surface area contributed by atoms with Gasteiger partial charge in [0.2, 0.25) is 0 Å². The van der Waals surface area contributed by atoms with E-state index in [9.17, 15) is 43.2 Å². The minimum atomic E-state index is -5.00. The van der Waals surface area contributed by atoms with Crippen LogP contribution in [-0.4, -0.2) is 96.7 Å². The Balaban J connectivity index is 5.45. The van der Waals surface area contributed by atoms with Gasteiger partial charge in [0.05, 0.1) is 26.4 Å². The average Bonchev–Trinajstić information content (AvgIpc) is 0.965. The van der Waals surface area contributed by atoms with Crippen LogP contribution in [0.3, 0.4) is 0 Å². The van der Waals surface area contributed by atoms with Gasteiger partial charge in [-0.15, -0.1) is 0 Å². The van der Waals surface area contributed by atoms with E-state index < -0.39 is 97.5 Å². The lowest BCUT2D eigenvalue weighted by Crippen LogP contribution is -2.30. The largest absolute Gasteiger partial charge is 0.472 e. The van der Waals surface area contributed by atoms with E-state index in [-0.39, 0.29) is 25.7 Å². The van der Waals surface area contributed by atoms with Gasteiger partial charge in [0.1, 0.15) is 19.3 Å². The van der Waals surface area contributed by atoms with Crippen LogP contribution in [0.2, 0.25) is 0 Å². The number of aliphatic hydroxyl groups excluding tert-OH is 1. The monoisotopic (exact) mass is 1440 g/mol. The zero-order valence-corrected chi connectivity index (χ0v) is 63.9. The Hall–Kier alpha value is -5.06. The molecule has 0 heterocycles. The Labute approximate surface area is 605 Å². The molecule has 0 rings (SSSR count). The third-order valence-electron chi connectivity index (χ3n) is 15.2. The van der Waals surface area contributed by atoms with Crippen molar-refractivity contribution >= 4 is 39.5 Å². The van der Waals surface area contributed by atoms with Crippen molar-refractivity contribution in [1.29, 1.82) is 0 Å². The van der Waals surface area contributed by atoms with Crippen molar-refractivity contribution < 1.29 is 80.2 Å². The first-order valence-electron chi connectivity index (χ1n) is 38.1. The van der Waals surface area contributed by atoms with Crippen molar-refractivity contribution in [3.8, 4) is 0 Å². The molecule has 5 atom stereocenters. The molecule has 0 saturated heterocycles. The Bertz CT molecular complexity index is 2470. The van der Waals surface area contributed by atoms with Gasteiger partial charge in [-0.3, -0.25) is 37.3 Å². The lowest BCUT2D eigenvalue weighted by molar-refractivity contribution is -0.161. The summed E-state index contributed by atoms with van der Waals surface area (Å²) in [5.74, 6) is -2.32. The molecule has 0 aliphatic heterocycles. The van der Waals surface area contributed by atoms with Gasteiger partial charge < -0.3 is 33.8 Å². The maximum absolute atomic E-state index is 13.1. The number of esters is 4. The minimum Gasteiger partial charge on any atom is -0.462 e. The van der Waals surface area contributed by atoms with Gasteiger partial charge in [-0.2, -0.15) is 0 Å². The van der Waals surface area contributed by atoms with Gasteiger partial charge >= 0.3 is 39.5 Å². The summed E-state index contributed by atoms with van der Waals surface area (Å²) in [6, 6.07) is 0. The molecule has 19 heteroatoms. The van der Waals surface area contributed by atoms with Crippen LogP contribution in [0.1, 0.15) is 285 Å². The van der Waals surface area contributed by atoms with E-state index in [1.165, 1.54) is 38.5 Å². The van der Waals surface area contributed by atoms with Gasteiger partial charge in [0.15, 0.2) is 12.2 Å². The van der Waals surface area contributed by atoms with Crippen LogP contribution in [-0.2, 0) is 65.4 Å². The van der Waals surface area contributed by atoms with Crippen molar-refractivity contribution in [2.24, 2.45) is 0 Å². The summed E-state index contributed by atoms with van der Waals surface area (Å²) in [4.78, 5) is 72.8. The quantitative estimate of drug-likeness (QED) is 0.0169. The Kier molecular flexibility index (Phi) is 68.6. The zero-order chi connectivity index (χ0) is 73.2. The summed E-state index contributed by atoms with van der Waals surface area (Å²) in [5, 5.41) is 10.6. The van der Waals surface area contributed by atoms with Crippen LogP contribution in [0.4, 0.5) is 0 Å². The Morgan fingerprint density at radius 3 is 0.910 bits per heavy atom. The lowest BCUT2D eigenvalue weighted by Gasteiger charge is -2.21. The van der Waals surface area contributed by atoms with Crippen LogP contribution in [0.25, 0.3) is 0 Å². The van der Waals surface area contributed by atoms with Crippen molar-refractivity contribution in [3.63, 3.8) is 0 Å². The molecule has 0 aliphatic carbocycles. The molecule has 0 amide bonds. The summed E-state index contributed by atoms with van der Waals surface area (Å²) in [5.41, 5.74) is 0. The average molecular weight is 1440 g/mol. The van der Waals surface area contributed by atoms with Crippen molar-refractivity contribution in [3.05, 3.63) is 146 Å². The third-order valence-corrected chi connectivity index (χ3v) is 17.2. The number of rotatable bonds is 70. The fourth-order valence-corrected chi connectivity index (χ4v) is 11.1. The van der Waals surface area contributed by atoms with Crippen molar-refractivity contribution in [2.45, 2.75) is 303 Å². The van der Waals surface area contributed by atoms with E-state index in [1.807, 2.05) is 12.2 Å². The Morgan fingerprint density at radius 2 is 0.550 bits per heavy atom. The molecule has 17 nitrogen and oxygen atoms in total. The molecule has 0 aromatic rings. The number of carbonyl (C=O) groups is 4. The van der Waals surface area contributed by atoms with Crippen LogP contribution in [0.15, 0.2) is 146 Å². The highest BCUT2D eigenvalue weighted by Crippen LogP contribution is 2.45. The molecule has 0 bridgehead atoms. The first-order chi connectivity index (χ1) is 48.7.